The van der Waals surface area contributed by atoms with Gasteiger partial charge in [-0.15, -0.1) is 0 Å². The zero-order valence-electron chi connectivity index (χ0n) is 8.14. The summed E-state index contributed by atoms with van der Waals surface area (Å²) in [6.45, 7) is 5.07. The lowest BCUT2D eigenvalue weighted by atomic mass is 10.3. The molecule has 0 aliphatic carbocycles. The highest BCUT2D eigenvalue weighted by Gasteiger charge is 2.27. The van der Waals surface area contributed by atoms with Crippen molar-refractivity contribution >= 4 is 11.0 Å². The number of ether oxygens (including phenoxy) is 1. The van der Waals surface area contributed by atoms with Crippen LogP contribution < -0.4 is 4.72 Å². The van der Waals surface area contributed by atoms with E-state index in [-0.39, 0.29) is 0 Å². The molecule has 2 atom stereocenters. The van der Waals surface area contributed by atoms with Crippen LogP contribution in [0.1, 0.15) is 20.8 Å². The molecule has 0 saturated carbocycles. The van der Waals surface area contributed by atoms with Gasteiger partial charge < -0.3 is 4.74 Å². The minimum atomic E-state index is -2.68. The van der Waals surface area contributed by atoms with E-state index < -0.39 is 28.4 Å². The van der Waals surface area contributed by atoms with Crippen molar-refractivity contribution in [3.8, 4) is 0 Å². The molecule has 0 rings (SSSR count). The molecule has 3 nitrogen and oxygen atoms in total. The number of hydrogen-bond acceptors (Lipinski definition) is 2. The summed E-state index contributed by atoms with van der Waals surface area (Å²) in [6, 6.07) is 0. The smallest absolute Gasteiger partial charge is 0.278 e. The summed E-state index contributed by atoms with van der Waals surface area (Å²) in [4.78, 5) is 0. The summed E-state index contributed by atoms with van der Waals surface area (Å²) in [5, 5.41) is 0. The van der Waals surface area contributed by atoms with Gasteiger partial charge in [-0.05, 0) is 20.8 Å². The first-order valence-electron chi connectivity index (χ1n) is 3.78. The molecule has 0 aromatic carbocycles. The summed E-state index contributed by atoms with van der Waals surface area (Å²) in [5.41, 5.74) is 0. The maximum Gasteiger partial charge on any atom is 0.278 e. The van der Waals surface area contributed by atoms with Crippen molar-refractivity contribution in [2.75, 3.05) is 7.11 Å². The van der Waals surface area contributed by atoms with Crippen molar-refractivity contribution < 1.29 is 17.7 Å². The maximum atomic E-state index is 12.1. The molecule has 1 N–H and O–H groups in total. The molecule has 0 aromatic heterocycles. The topological polar surface area (TPSA) is 38.3 Å². The minimum absolute atomic E-state index is 0.578. The molecule has 0 aliphatic rings. The molecule has 0 radical (unpaired) electrons. The van der Waals surface area contributed by atoms with Crippen LogP contribution >= 0.6 is 0 Å². The second-order valence-electron chi connectivity index (χ2n) is 3.49. The van der Waals surface area contributed by atoms with Gasteiger partial charge >= 0.3 is 0 Å². The van der Waals surface area contributed by atoms with Gasteiger partial charge in [0, 0.05) is 7.11 Å². The fourth-order valence-electron chi connectivity index (χ4n) is 0.485. The van der Waals surface area contributed by atoms with E-state index in [1.165, 1.54) is 0 Å². The Morgan fingerprint density at radius 1 is 1.38 bits per heavy atom. The molecular formula is C7H15F2NO2S. The van der Waals surface area contributed by atoms with Crippen LogP contribution in [0, 0.1) is 0 Å². The maximum absolute atomic E-state index is 12.1. The summed E-state index contributed by atoms with van der Waals surface area (Å²) in [6.07, 6.45) is -4.16. The van der Waals surface area contributed by atoms with Crippen molar-refractivity contribution in [1.29, 1.82) is 0 Å². The number of methoxy groups -OCH3 is 1. The van der Waals surface area contributed by atoms with Gasteiger partial charge in [0.15, 0.2) is 6.23 Å². The Morgan fingerprint density at radius 2 is 1.85 bits per heavy atom. The second kappa shape index (κ2) is 4.97. The van der Waals surface area contributed by atoms with E-state index in [0.717, 1.165) is 7.11 Å². The van der Waals surface area contributed by atoms with Gasteiger partial charge in [0.2, 0.25) is 0 Å². The summed E-state index contributed by atoms with van der Waals surface area (Å²) in [7, 11) is -0.400. The van der Waals surface area contributed by atoms with Gasteiger partial charge in [-0.25, -0.2) is 17.7 Å². The Morgan fingerprint density at radius 3 is 2.08 bits per heavy atom. The van der Waals surface area contributed by atoms with E-state index in [1.807, 2.05) is 0 Å². The highest BCUT2D eigenvalue weighted by molar-refractivity contribution is 7.84. The largest absolute Gasteiger partial charge is 0.360 e. The number of halogens is 2. The zero-order valence-corrected chi connectivity index (χ0v) is 8.95. The SMILES string of the molecule is COC(NS(=O)C(C)(C)C)C(F)F. The average molecular weight is 215 g/mol. The van der Waals surface area contributed by atoms with Crippen LogP contribution in [-0.2, 0) is 15.7 Å². The van der Waals surface area contributed by atoms with Gasteiger partial charge in [-0.2, -0.15) is 0 Å². The number of nitrogens with one attached hydrogen (secondary N) is 1. The fraction of sp³-hybridized carbons (Fsp3) is 1.00. The van der Waals surface area contributed by atoms with E-state index in [1.54, 1.807) is 20.8 Å². The number of hydrogen-bond donors (Lipinski definition) is 1. The lowest BCUT2D eigenvalue weighted by Crippen LogP contribution is -2.44. The molecule has 0 fully saturated rings. The molecule has 0 saturated heterocycles. The standard InChI is InChI=1S/C7H15F2NO2S/c1-7(2,3)13(11)10-6(12-4)5(8)9/h5-6,10H,1-4H3. The molecule has 0 aromatic rings. The molecule has 0 bridgehead atoms. The first-order valence-corrected chi connectivity index (χ1v) is 4.93. The van der Waals surface area contributed by atoms with Gasteiger partial charge in [0.25, 0.3) is 6.43 Å². The minimum Gasteiger partial charge on any atom is -0.360 e. The van der Waals surface area contributed by atoms with Crippen molar-refractivity contribution in [3.63, 3.8) is 0 Å². The molecule has 0 heterocycles. The Bertz CT molecular complexity index is 182. The molecule has 0 aliphatic heterocycles. The highest BCUT2D eigenvalue weighted by Crippen LogP contribution is 2.11. The number of alkyl halides is 2. The Hall–Kier alpha value is -0.0700. The van der Waals surface area contributed by atoms with Crippen LogP contribution in [0.2, 0.25) is 0 Å². The van der Waals surface area contributed by atoms with Crippen LogP contribution in [0.4, 0.5) is 8.78 Å². The van der Waals surface area contributed by atoms with Crippen molar-refractivity contribution in [2.45, 2.75) is 38.2 Å². The average Bonchev–Trinajstić information content (AvgIpc) is 1.96. The van der Waals surface area contributed by atoms with Crippen LogP contribution in [0.15, 0.2) is 0 Å². The van der Waals surface area contributed by atoms with Crippen molar-refractivity contribution in [3.05, 3.63) is 0 Å². The van der Waals surface area contributed by atoms with Crippen LogP contribution in [0.3, 0.4) is 0 Å². The monoisotopic (exact) mass is 215 g/mol. The first kappa shape index (κ1) is 12.9. The van der Waals surface area contributed by atoms with E-state index in [9.17, 15) is 13.0 Å². The zero-order chi connectivity index (χ0) is 10.6. The van der Waals surface area contributed by atoms with Gasteiger partial charge in [0.05, 0.1) is 15.7 Å². The summed E-state index contributed by atoms with van der Waals surface area (Å²) < 4.78 is 41.6. The van der Waals surface area contributed by atoms with Gasteiger partial charge in [-0.1, -0.05) is 0 Å². The van der Waals surface area contributed by atoms with Gasteiger partial charge in [0.1, 0.15) is 0 Å². The molecule has 2 unspecified atom stereocenters. The molecule has 13 heavy (non-hydrogen) atoms. The van der Waals surface area contributed by atoms with Crippen molar-refractivity contribution in [1.82, 2.24) is 4.72 Å². The molecule has 80 valence electrons. The van der Waals surface area contributed by atoms with E-state index in [4.69, 9.17) is 0 Å². The summed E-state index contributed by atoms with van der Waals surface area (Å²) in [5.74, 6) is 0. The molecular weight excluding hydrogens is 200 g/mol. The molecule has 0 amide bonds. The Kier molecular flexibility index (Phi) is 4.95. The Labute approximate surface area is 79.4 Å². The summed E-state index contributed by atoms with van der Waals surface area (Å²) >= 11 is 0. The van der Waals surface area contributed by atoms with E-state index in [0.29, 0.717) is 0 Å². The first-order chi connectivity index (χ1) is 5.79. The quantitative estimate of drug-likeness (QED) is 0.717. The molecule has 0 spiro atoms. The third-order valence-electron chi connectivity index (χ3n) is 1.26. The number of rotatable bonds is 4. The molecule has 6 heteroatoms. The van der Waals surface area contributed by atoms with Crippen LogP contribution in [-0.4, -0.2) is 28.7 Å². The predicted octanol–water partition coefficient (Wildman–Crippen LogP) is 1.28. The van der Waals surface area contributed by atoms with Crippen molar-refractivity contribution in [2.24, 2.45) is 0 Å². The normalized spacial score (nSPS) is 17.5. The lowest BCUT2D eigenvalue weighted by Gasteiger charge is -2.22. The predicted molar refractivity (Wildman–Crippen MR) is 47.8 cm³/mol. The van der Waals surface area contributed by atoms with E-state index in [2.05, 4.69) is 9.46 Å². The lowest BCUT2D eigenvalue weighted by molar-refractivity contribution is -0.0378. The van der Waals surface area contributed by atoms with Gasteiger partial charge in [-0.3, -0.25) is 0 Å². The highest BCUT2D eigenvalue weighted by atomic mass is 32.2. The third kappa shape index (κ3) is 4.64. The van der Waals surface area contributed by atoms with Crippen LogP contribution in [0.25, 0.3) is 0 Å². The Balaban J connectivity index is 4.18. The van der Waals surface area contributed by atoms with Crippen LogP contribution in [0.5, 0.6) is 0 Å². The second-order valence-corrected chi connectivity index (χ2v) is 5.49. The fourth-order valence-corrected chi connectivity index (χ4v) is 1.25. The van der Waals surface area contributed by atoms with E-state index >= 15 is 0 Å². The third-order valence-corrected chi connectivity index (χ3v) is 2.82.